The van der Waals surface area contributed by atoms with Gasteiger partial charge in [0.1, 0.15) is 0 Å². The number of sulfonamides is 1. The molecule has 0 heterocycles. The van der Waals surface area contributed by atoms with Gasteiger partial charge in [0.15, 0.2) is 0 Å². The van der Waals surface area contributed by atoms with Gasteiger partial charge in [-0.15, -0.1) is 0 Å². The average Bonchev–Trinajstić information content (AvgIpc) is 2.43. The van der Waals surface area contributed by atoms with Gasteiger partial charge in [0.25, 0.3) is 10.0 Å². The van der Waals surface area contributed by atoms with Crippen molar-refractivity contribution in [3.63, 3.8) is 0 Å². The summed E-state index contributed by atoms with van der Waals surface area (Å²) < 4.78 is 26.9. The van der Waals surface area contributed by atoms with Gasteiger partial charge in [-0.25, -0.2) is 8.42 Å². The first-order valence-electron chi connectivity index (χ1n) is 5.71. The predicted octanol–water partition coefficient (Wildman–Crippen LogP) is 3.32. The van der Waals surface area contributed by atoms with Gasteiger partial charge in [-0.3, -0.25) is 4.72 Å². The van der Waals surface area contributed by atoms with Gasteiger partial charge in [-0.1, -0.05) is 23.7 Å². The molecule has 0 bridgehead atoms. The van der Waals surface area contributed by atoms with Crippen LogP contribution in [0, 0.1) is 18.3 Å². The maximum atomic E-state index is 12.3. The second-order valence-electron chi connectivity index (χ2n) is 4.23. The van der Waals surface area contributed by atoms with Crippen LogP contribution in [-0.4, -0.2) is 8.42 Å². The minimum absolute atomic E-state index is 0.0223. The topological polar surface area (TPSA) is 70.0 Å². The van der Waals surface area contributed by atoms with E-state index in [9.17, 15) is 8.42 Å². The van der Waals surface area contributed by atoms with Crippen LogP contribution >= 0.6 is 11.6 Å². The van der Waals surface area contributed by atoms with E-state index in [0.717, 1.165) is 5.56 Å². The molecule has 0 spiro atoms. The second-order valence-corrected chi connectivity index (χ2v) is 6.32. The van der Waals surface area contributed by atoms with Gasteiger partial charge in [-0.05, 0) is 42.8 Å². The minimum Gasteiger partial charge on any atom is -0.278 e. The molecule has 0 aliphatic heterocycles. The van der Waals surface area contributed by atoms with Crippen molar-refractivity contribution in [2.24, 2.45) is 0 Å². The van der Waals surface area contributed by atoms with Gasteiger partial charge >= 0.3 is 0 Å². The third-order valence-electron chi connectivity index (χ3n) is 2.64. The number of rotatable bonds is 3. The highest BCUT2D eigenvalue weighted by molar-refractivity contribution is 7.92. The van der Waals surface area contributed by atoms with E-state index >= 15 is 0 Å². The van der Waals surface area contributed by atoms with E-state index in [4.69, 9.17) is 16.9 Å². The molecule has 0 amide bonds. The molecule has 0 aliphatic rings. The number of halogens is 1. The Morgan fingerprint density at radius 1 is 1.20 bits per heavy atom. The molecule has 0 unspecified atom stereocenters. The Balaban J connectivity index is 2.41. The van der Waals surface area contributed by atoms with E-state index in [-0.39, 0.29) is 10.5 Å². The molecule has 0 saturated heterocycles. The van der Waals surface area contributed by atoms with Crippen LogP contribution in [0.15, 0.2) is 47.4 Å². The molecule has 0 aromatic heterocycles. The van der Waals surface area contributed by atoms with Crippen LogP contribution in [0.2, 0.25) is 5.02 Å². The van der Waals surface area contributed by atoms with Crippen molar-refractivity contribution < 1.29 is 8.42 Å². The van der Waals surface area contributed by atoms with Gasteiger partial charge in [0.05, 0.1) is 27.2 Å². The van der Waals surface area contributed by atoms with E-state index in [2.05, 4.69) is 4.72 Å². The summed E-state index contributed by atoms with van der Waals surface area (Å²) in [7, 11) is -3.77. The van der Waals surface area contributed by atoms with Gasteiger partial charge in [-0.2, -0.15) is 5.26 Å². The zero-order valence-corrected chi connectivity index (χ0v) is 12.2. The number of benzene rings is 2. The third-order valence-corrected chi connectivity index (χ3v) is 4.33. The predicted molar refractivity (Wildman–Crippen MR) is 78.2 cm³/mol. The van der Waals surface area contributed by atoms with Crippen molar-refractivity contribution in [3.8, 4) is 6.07 Å². The van der Waals surface area contributed by atoms with E-state index in [1.165, 1.54) is 18.2 Å². The van der Waals surface area contributed by atoms with Crippen molar-refractivity contribution in [1.82, 2.24) is 0 Å². The Morgan fingerprint density at radius 3 is 2.65 bits per heavy atom. The molecule has 20 heavy (non-hydrogen) atoms. The number of nitrogens with zero attached hydrogens (tertiary/aromatic N) is 1. The van der Waals surface area contributed by atoms with Crippen molar-refractivity contribution in [1.29, 1.82) is 5.26 Å². The van der Waals surface area contributed by atoms with Crippen LogP contribution < -0.4 is 4.72 Å². The zero-order valence-electron chi connectivity index (χ0n) is 10.6. The smallest absolute Gasteiger partial charge is 0.261 e. The molecular formula is C14H11ClN2O2S. The van der Waals surface area contributed by atoms with Gasteiger partial charge in [0.2, 0.25) is 0 Å². The van der Waals surface area contributed by atoms with E-state index in [1.54, 1.807) is 24.3 Å². The Morgan fingerprint density at radius 2 is 1.95 bits per heavy atom. The van der Waals surface area contributed by atoms with E-state index < -0.39 is 10.0 Å². The van der Waals surface area contributed by atoms with Crippen molar-refractivity contribution in [2.45, 2.75) is 11.8 Å². The summed E-state index contributed by atoms with van der Waals surface area (Å²) >= 11 is 5.97. The number of hydrogen-bond donors (Lipinski definition) is 1. The fourth-order valence-corrected chi connectivity index (χ4v) is 2.99. The molecule has 2 rings (SSSR count). The quantitative estimate of drug-likeness (QED) is 0.945. The summed E-state index contributed by atoms with van der Waals surface area (Å²) in [5, 5.41) is 9.13. The minimum atomic E-state index is -3.77. The number of nitrogens with one attached hydrogen (secondary N) is 1. The van der Waals surface area contributed by atoms with Gasteiger partial charge in [0, 0.05) is 0 Å². The lowest BCUT2D eigenvalue weighted by Crippen LogP contribution is -2.13. The summed E-state index contributed by atoms with van der Waals surface area (Å²) in [5.74, 6) is 0. The van der Waals surface area contributed by atoms with Crippen LogP contribution in [-0.2, 0) is 10.0 Å². The van der Waals surface area contributed by atoms with Crippen molar-refractivity contribution >= 4 is 27.3 Å². The Bertz CT molecular complexity index is 795. The molecule has 0 fully saturated rings. The Hall–Kier alpha value is -2.03. The molecule has 2 aromatic rings. The maximum Gasteiger partial charge on any atom is 0.261 e. The average molecular weight is 307 g/mol. The van der Waals surface area contributed by atoms with E-state index in [1.807, 2.05) is 13.0 Å². The van der Waals surface area contributed by atoms with Crippen molar-refractivity contribution in [2.75, 3.05) is 4.72 Å². The van der Waals surface area contributed by atoms with Crippen molar-refractivity contribution in [3.05, 3.63) is 58.6 Å². The fourth-order valence-electron chi connectivity index (χ4n) is 1.65. The number of nitriles is 1. The van der Waals surface area contributed by atoms with Crippen LogP contribution in [0.4, 0.5) is 5.69 Å². The lowest BCUT2D eigenvalue weighted by atomic mass is 10.2. The SMILES string of the molecule is Cc1ccc(Cl)c(NS(=O)(=O)c2cccc(C#N)c2)c1. The Kier molecular flexibility index (Phi) is 3.98. The van der Waals surface area contributed by atoms with Crippen LogP contribution in [0.1, 0.15) is 11.1 Å². The summed E-state index contributed by atoms with van der Waals surface area (Å²) in [6.07, 6.45) is 0. The third kappa shape index (κ3) is 3.10. The standard InChI is InChI=1S/C14H11ClN2O2S/c1-10-5-6-13(15)14(7-10)17-20(18,19)12-4-2-3-11(8-12)9-16/h2-8,17H,1H3. The molecule has 6 heteroatoms. The Labute approximate surface area is 122 Å². The second kappa shape index (κ2) is 5.53. The largest absolute Gasteiger partial charge is 0.278 e. The fraction of sp³-hybridized carbons (Fsp3) is 0.0714. The maximum absolute atomic E-state index is 12.3. The summed E-state index contributed by atoms with van der Waals surface area (Å²) in [4.78, 5) is 0.0223. The first kappa shape index (κ1) is 14.4. The molecule has 0 radical (unpaired) electrons. The first-order valence-corrected chi connectivity index (χ1v) is 7.57. The molecule has 2 aromatic carbocycles. The number of anilines is 1. The molecular weight excluding hydrogens is 296 g/mol. The molecule has 1 N–H and O–H groups in total. The van der Waals surface area contributed by atoms with Crippen LogP contribution in [0.25, 0.3) is 0 Å². The molecule has 102 valence electrons. The lowest BCUT2D eigenvalue weighted by molar-refractivity contribution is 0.601. The molecule has 0 aliphatic carbocycles. The van der Waals surface area contributed by atoms with Crippen LogP contribution in [0.3, 0.4) is 0 Å². The highest BCUT2D eigenvalue weighted by Gasteiger charge is 2.16. The van der Waals surface area contributed by atoms with E-state index in [0.29, 0.717) is 10.7 Å². The molecule has 4 nitrogen and oxygen atoms in total. The first-order chi connectivity index (χ1) is 9.42. The molecule has 0 saturated carbocycles. The molecule has 0 atom stereocenters. The lowest BCUT2D eigenvalue weighted by Gasteiger charge is -2.10. The van der Waals surface area contributed by atoms with Gasteiger partial charge < -0.3 is 0 Å². The monoisotopic (exact) mass is 306 g/mol. The normalized spacial score (nSPS) is 10.8. The summed E-state index contributed by atoms with van der Waals surface area (Å²) in [5.41, 5.74) is 1.48. The summed E-state index contributed by atoms with van der Waals surface area (Å²) in [6.45, 7) is 1.84. The highest BCUT2D eigenvalue weighted by Crippen LogP contribution is 2.25. The highest BCUT2D eigenvalue weighted by atomic mass is 35.5. The number of aryl methyl sites for hydroxylation is 1. The zero-order chi connectivity index (χ0) is 14.8. The summed E-state index contributed by atoms with van der Waals surface area (Å²) in [6, 6.07) is 12.8. The number of hydrogen-bond acceptors (Lipinski definition) is 3. The van der Waals surface area contributed by atoms with Crippen LogP contribution in [0.5, 0.6) is 0 Å².